The average Bonchev–Trinajstić information content (AvgIpc) is 2.61. The fourth-order valence-electron chi connectivity index (χ4n) is 1.95. The molecule has 0 saturated heterocycles. The van der Waals surface area contributed by atoms with Crippen molar-refractivity contribution in [3.63, 3.8) is 0 Å². The summed E-state index contributed by atoms with van der Waals surface area (Å²) >= 11 is 1.75. The molecule has 76 valence electrons. The van der Waals surface area contributed by atoms with E-state index in [1.807, 2.05) is 0 Å². The molecule has 1 aliphatic heterocycles. The van der Waals surface area contributed by atoms with Gasteiger partial charge in [-0.3, -0.25) is 0 Å². The number of rotatable bonds is 0. The van der Waals surface area contributed by atoms with Gasteiger partial charge in [-0.2, -0.15) is 0 Å². The lowest BCUT2D eigenvalue weighted by molar-refractivity contribution is 0.939. The molecule has 0 fully saturated rings. The Labute approximate surface area is 93.2 Å². The van der Waals surface area contributed by atoms with Crippen molar-refractivity contribution < 1.29 is 0 Å². The molecule has 2 heterocycles. The van der Waals surface area contributed by atoms with Crippen LogP contribution in [-0.4, -0.2) is 7.05 Å². The summed E-state index contributed by atoms with van der Waals surface area (Å²) in [6.07, 6.45) is 0. The van der Waals surface area contributed by atoms with Gasteiger partial charge in [0.15, 0.2) is 0 Å². The number of thiophene rings is 1. The smallest absolute Gasteiger partial charge is 0.0622 e. The fourth-order valence-corrected chi connectivity index (χ4v) is 2.73. The van der Waals surface area contributed by atoms with E-state index in [9.17, 15) is 0 Å². The van der Waals surface area contributed by atoms with E-state index in [0.717, 1.165) is 6.54 Å². The third-order valence-electron chi connectivity index (χ3n) is 2.73. The zero-order valence-electron chi connectivity index (χ0n) is 8.53. The number of hydrogen-bond donors (Lipinski definition) is 1. The Morgan fingerprint density at radius 3 is 3.00 bits per heavy atom. The molecule has 0 unspecified atom stereocenters. The van der Waals surface area contributed by atoms with Gasteiger partial charge in [0, 0.05) is 24.5 Å². The van der Waals surface area contributed by atoms with Crippen molar-refractivity contribution in [3.8, 4) is 0 Å². The van der Waals surface area contributed by atoms with Gasteiger partial charge in [-0.1, -0.05) is 12.1 Å². The summed E-state index contributed by atoms with van der Waals surface area (Å²) in [5.41, 5.74) is 5.08. The van der Waals surface area contributed by atoms with Gasteiger partial charge in [0.05, 0.1) is 17.1 Å². The fraction of sp³-hybridized carbons (Fsp3) is 0.167. The van der Waals surface area contributed by atoms with E-state index in [1.54, 1.807) is 11.3 Å². The van der Waals surface area contributed by atoms with Gasteiger partial charge in [0.25, 0.3) is 0 Å². The SMILES string of the molecule is CN1Cc2cscc2Nc2ccccc21. The van der Waals surface area contributed by atoms with Gasteiger partial charge in [-0.05, 0) is 17.5 Å². The van der Waals surface area contributed by atoms with Crippen LogP contribution in [0, 0.1) is 0 Å². The number of nitrogens with zero attached hydrogens (tertiary/aromatic N) is 1. The molecule has 1 N–H and O–H groups in total. The lowest BCUT2D eigenvalue weighted by Gasteiger charge is -2.18. The van der Waals surface area contributed by atoms with Crippen LogP contribution in [0.15, 0.2) is 35.0 Å². The zero-order chi connectivity index (χ0) is 10.3. The molecule has 0 bridgehead atoms. The average molecular weight is 216 g/mol. The van der Waals surface area contributed by atoms with Crippen molar-refractivity contribution in [2.45, 2.75) is 6.54 Å². The molecule has 0 atom stereocenters. The maximum absolute atomic E-state index is 3.48. The predicted molar refractivity (Wildman–Crippen MR) is 66.2 cm³/mol. The number of benzene rings is 1. The first-order chi connectivity index (χ1) is 7.34. The molecule has 2 nitrogen and oxygen atoms in total. The van der Waals surface area contributed by atoms with Crippen molar-refractivity contribution in [1.82, 2.24) is 0 Å². The molecular formula is C12H12N2S. The van der Waals surface area contributed by atoms with Gasteiger partial charge in [0.2, 0.25) is 0 Å². The normalized spacial score (nSPS) is 13.8. The molecule has 0 amide bonds. The summed E-state index contributed by atoms with van der Waals surface area (Å²) < 4.78 is 0. The number of anilines is 3. The Morgan fingerprint density at radius 2 is 2.07 bits per heavy atom. The Kier molecular flexibility index (Phi) is 1.92. The van der Waals surface area contributed by atoms with Gasteiger partial charge >= 0.3 is 0 Å². The van der Waals surface area contributed by atoms with E-state index in [1.165, 1.54) is 22.6 Å². The molecule has 0 radical (unpaired) electrons. The monoisotopic (exact) mass is 216 g/mol. The van der Waals surface area contributed by atoms with Crippen molar-refractivity contribution in [2.24, 2.45) is 0 Å². The van der Waals surface area contributed by atoms with Crippen molar-refractivity contribution in [3.05, 3.63) is 40.6 Å². The van der Waals surface area contributed by atoms with E-state index in [0.29, 0.717) is 0 Å². The second kappa shape index (κ2) is 3.28. The molecular weight excluding hydrogens is 204 g/mol. The molecule has 3 heteroatoms. The Balaban J connectivity index is 2.14. The van der Waals surface area contributed by atoms with Crippen LogP contribution in [0.2, 0.25) is 0 Å². The molecule has 3 rings (SSSR count). The number of nitrogens with one attached hydrogen (secondary N) is 1. The molecule has 15 heavy (non-hydrogen) atoms. The van der Waals surface area contributed by atoms with E-state index in [-0.39, 0.29) is 0 Å². The highest BCUT2D eigenvalue weighted by molar-refractivity contribution is 7.08. The summed E-state index contributed by atoms with van der Waals surface area (Å²) in [6, 6.07) is 8.42. The molecule has 1 aromatic carbocycles. The number of para-hydroxylation sites is 2. The number of fused-ring (bicyclic) bond motifs is 2. The van der Waals surface area contributed by atoms with Crippen LogP contribution in [0.5, 0.6) is 0 Å². The Morgan fingerprint density at radius 1 is 1.20 bits per heavy atom. The molecule has 0 saturated carbocycles. The Bertz CT molecular complexity index is 490. The van der Waals surface area contributed by atoms with Crippen LogP contribution >= 0.6 is 11.3 Å². The second-order valence-electron chi connectivity index (χ2n) is 3.81. The highest BCUT2D eigenvalue weighted by atomic mass is 32.1. The van der Waals surface area contributed by atoms with Crippen LogP contribution in [0.4, 0.5) is 17.1 Å². The van der Waals surface area contributed by atoms with Crippen LogP contribution in [0.25, 0.3) is 0 Å². The first kappa shape index (κ1) is 8.80. The third kappa shape index (κ3) is 1.39. The van der Waals surface area contributed by atoms with Gasteiger partial charge in [-0.25, -0.2) is 0 Å². The maximum atomic E-state index is 3.48. The lowest BCUT2D eigenvalue weighted by atomic mass is 10.2. The first-order valence-electron chi connectivity index (χ1n) is 4.97. The molecule has 0 aliphatic carbocycles. The van der Waals surface area contributed by atoms with Gasteiger partial charge < -0.3 is 10.2 Å². The topological polar surface area (TPSA) is 15.3 Å². The summed E-state index contributed by atoms with van der Waals surface area (Å²) in [6.45, 7) is 0.975. The van der Waals surface area contributed by atoms with Crippen molar-refractivity contribution >= 4 is 28.4 Å². The Hall–Kier alpha value is -1.48. The third-order valence-corrected chi connectivity index (χ3v) is 3.53. The molecule has 1 aliphatic rings. The largest absolute Gasteiger partial charge is 0.368 e. The maximum Gasteiger partial charge on any atom is 0.0622 e. The molecule has 0 spiro atoms. The van der Waals surface area contributed by atoms with Crippen LogP contribution in [0.1, 0.15) is 5.56 Å². The minimum Gasteiger partial charge on any atom is -0.368 e. The standard InChI is InChI=1S/C12H12N2S/c1-14-6-9-7-15-8-11(9)13-10-4-2-3-5-12(10)14/h2-5,7-8,13H,6H2,1H3. The van der Waals surface area contributed by atoms with Crippen LogP contribution < -0.4 is 10.2 Å². The summed E-state index contributed by atoms with van der Waals surface area (Å²) in [7, 11) is 2.13. The van der Waals surface area contributed by atoms with Crippen LogP contribution in [0.3, 0.4) is 0 Å². The summed E-state index contributed by atoms with van der Waals surface area (Å²) in [5, 5.41) is 7.87. The number of hydrogen-bond acceptors (Lipinski definition) is 3. The van der Waals surface area contributed by atoms with Crippen LogP contribution in [-0.2, 0) is 6.54 Å². The lowest BCUT2D eigenvalue weighted by Crippen LogP contribution is -2.14. The van der Waals surface area contributed by atoms with E-state index < -0.39 is 0 Å². The second-order valence-corrected chi connectivity index (χ2v) is 4.55. The molecule has 1 aromatic heterocycles. The minimum absolute atomic E-state index is 0.975. The summed E-state index contributed by atoms with van der Waals surface area (Å²) in [4.78, 5) is 2.28. The van der Waals surface area contributed by atoms with Crippen molar-refractivity contribution in [1.29, 1.82) is 0 Å². The highest BCUT2D eigenvalue weighted by Crippen LogP contribution is 2.35. The predicted octanol–water partition coefficient (Wildman–Crippen LogP) is 3.44. The van der Waals surface area contributed by atoms with Crippen molar-refractivity contribution in [2.75, 3.05) is 17.3 Å². The van der Waals surface area contributed by atoms with E-state index >= 15 is 0 Å². The van der Waals surface area contributed by atoms with Gasteiger partial charge in [0.1, 0.15) is 0 Å². The van der Waals surface area contributed by atoms with Gasteiger partial charge in [-0.15, -0.1) is 11.3 Å². The molecule has 2 aromatic rings. The van der Waals surface area contributed by atoms with E-state index in [2.05, 4.69) is 52.3 Å². The highest BCUT2D eigenvalue weighted by Gasteiger charge is 2.15. The summed E-state index contributed by atoms with van der Waals surface area (Å²) in [5.74, 6) is 0. The quantitative estimate of drug-likeness (QED) is 0.725. The first-order valence-corrected chi connectivity index (χ1v) is 5.91. The zero-order valence-corrected chi connectivity index (χ0v) is 9.34. The minimum atomic E-state index is 0.975. The van der Waals surface area contributed by atoms with E-state index in [4.69, 9.17) is 0 Å².